The maximum absolute atomic E-state index is 13.4. The van der Waals surface area contributed by atoms with E-state index in [-0.39, 0.29) is 18.4 Å². The van der Waals surface area contributed by atoms with Crippen LogP contribution in [-0.4, -0.2) is 42.3 Å². The molecule has 2 N–H and O–H groups in total. The lowest BCUT2D eigenvalue weighted by Crippen LogP contribution is -2.55. The fourth-order valence-corrected chi connectivity index (χ4v) is 4.73. The van der Waals surface area contributed by atoms with Crippen LogP contribution in [0.2, 0.25) is 0 Å². The Morgan fingerprint density at radius 1 is 1.21 bits per heavy atom. The molecule has 28 heavy (non-hydrogen) atoms. The van der Waals surface area contributed by atoms with Crippen molar-refractivity contribution in [3.05, 3.63) is 35.9 Å². The van der Waals surface area contributed by atoms with Gasteiger partial charge in [-0.3, -0.25) is 4.79 Å². The Kier molecular flexibility index (Phi) is 6.65. The lowest BCUT2D eigenvalue weighted by Gasteiger charge is -2.36. The van der Waals surface area contributed by atoms with Crippen LogP contribution in [0, 0.1) is 17.8 Å². The number of hydrogen-bond donors (Lipinski definition) is 2. The molecule has 0 aromatic heterocycles. The minimum atomic E-state index is -4.58. The molecule has 156 valence electrons. The predicted octanol–water partition coefficient (Wildman–Crippen LogP) is 3.54. The first-order valence-electron chi connectivity index (χ1n) is 10.1. The highest BCUT2D eigenvalue weighted by molar-refractivity contribution is 5.82. The van der Waals surface area contributed by atoms with Crippen LogP contribution < -0.4 is 10.6 Å². The zero-order chi connectivity index (χ0) is 20.3. The van der Waals surface area contributed by atoms with Crippen LogP contribution in [0.25, 0.3) is 0 Å². The molecule has 2 aliphatic rings. The molecule has 7 heteroatoms. The number of fused-ring (bicyclic) bond motifs is 1. The van der Waals surface area contributed by atoms with Crippen molar-refractivity contribution in [3.8, 4) is 0 Å². The Hall–Kier alpha value is -1.60. The van der Waals surface area contributed by atoms with Gasteiger partial charge in [0.05, 0.1) is 6.04 Å². The topological polar surface area (TPSA) is 44.4 Å². The number of carbonyl (C=O) groups excluding carboxylic acids is 1. The van der Waals surface area contributed by atoms with Crippen molar-refractivity contribution < 1.29 is 18.0 Å². The first kappa shape index (κ1) is 21.1. The van der Waals surface area contributed by atoms with Crippen molar-refractivity contribution in [2.75, 3.05) is 13.1 Å². The van der Waals surface area contributed by atoms with Gasteiger partial charge in [-0.15, -0.1) is 0 Å². The number of nitrogens with one attached hydrogen (secondary N) is 2. The highest BCUT2D eigenvalue weighted by atomic mass is 19.4. The van der Waals surface area contributed by atoms with Gasteiger partial charge in [0.25, 0.3) is 0 Å². The number of benzene rings is 1. The molecule has 3 rings (SSSR count). The lowest BCUT2D eigenvalue weighted by atomic mass is 9.95. The molecule has 3 unspecified atom stereocenters. The van der Waals surface area contributed by atoms with Gasteiger partial charge in [0.1, 0.15) is 0 Å². The van der Waals surface area contributed by atoms with Gasteiger partial charge in [-0.25, -0.2) is 5.32 Å². The zero-order valence-corrected chi connectivity index (χ0v) is 16.5. The highest BCUT2D eigenvalue weighted by Crippen LogP contribution is 2.38. The summed E-state index contributed by atoms with van der Waals surface area (Å²) in [6, 6.07) is 8.27. The quantitative estimate of drug-likeness (QED) is 0.692. The van der Waals surface area contributed by atoms with Crippen molar-refractivity contribution in [1.82, 2.24) is 15.5 Å². The lowest BCUT2D eigenvalue weighted by molar-refractivity contribution is -0.174. The van der Waals surface area contributed by atoms with Crippen molar-refractivity contribution in [3.63, 3.8) is 0 Å². The largest absolute Gasteiger partial charge is 0.457 e. The summed E-state index contributed by atoms with van der Waals surface area (Å²) >= 11 is 0. The second kappa shape index (κ2) is 8.82. The normalized spacial score (nSPS) is 25.7. The van der Waals surface area contributed by atoms with Crippen LogP contribution in [0.15, 0.2) is 30.3 Å². The average molecular weight is 397 g/mol. The molecule has 1 amide bonds. The van der Waals surface area contributed by atoms with Gasteiger partial charge in [0, 0.05) is 19.1 Å². The number of amides is 1. The van der Waals surface area contributed by atoms with Crippen LogP contribution in [0.4, 0.5) is 13.2 Å². The molecule has 1 aliphatic carbocycles. The smallest absolute Gasteiger partial charge is 0.334 e. The van der Waals surface area contributed by atoms with Crippen LogP contribution in [0.3, 0.4) is 0 Å². The van der Waals surface area contributed by atoms with Crippen molar-refractivity contribution in [2.45, 2.75) is 58.0 Å². The summed E-state index contributed by atoms with van der Waals surface area (Å²) in [4.78, 5) is 15.1. The number of alkyl halides is 3. The van der Waals surface area contributed by atoms with Crippen LogP contribution in [0.5, 0.6) is 0 Å². The van der Waals surface area contributed by atoms with E-state index in [0.29, 0.717) is 18.4 Å². The Labute approximate surface area is 164 Å². The minimum absolute atomic E-state index is 0.0163. The van der Waals surface area contributed by atoms with Gasteiger partial charge in [-0.1, -0.05) is 44.2 Å². The van der Waals surface area contributed by atoms with Gasteiger partial charge in [0.2, 0.25) is 5.91 Å². The van der Waals surface area contributed by atoms with Crippen LogP contribution in [0.1, 0.15) is 38.7 Å². The fourth-order valence-electron chi connectivity index (χ4n) is 4.73. The zero-order valence-electron chi connectivity index (χ0n) is 16.5. The SMILES string of the molecule is CC(C)C[C@H](NC(F)(F)F)C(=O)N(Cc1ccccc1)C1CCC2CNCC21. The molecule has 0 bridgehead atoms. The third-order valence-corrected chi connectivity index (χ3v) is 5.94. The van der Waals surface area contributed by atoms with Gasteiger partial charge in [-0.2, -0.15) is 13.2 Å². The van der Waals surface area contributed by atoms with Gasteiger partial charge >= 0.3 is 6.30 Å². The molecule has 1 saturated carbocycles. The molecule has 1 aromatic rings. The van der Waals surface area contributed by atoms with E-state index < -0.39 is 18.2 Å². The molecular weight excluding hydrogens is 367 g/mol. The Balaban J connectivity index is 1.86. The summed E-state index contributed by atoms with van der Waals surface area (Å²) < 4.78 is 39.3. The maximum Gasteiger partial charge on any atom is 0.457 e. The number of halogens is 3. The van der Waals surface area contributed by atoms with E-state index in [2.05, 4.69) is 5.32 Å². The molecule has 1 aromatic carbocycles. The Morgan fingerprint density at radius 3 is 2.57 bits per heavy atom. The van der Waals surface area contributed by atoms with E-state index in [4.69, 9.17) is 0 Å². The first-order chi connectivity index (χ1) is 13.2. The molecule has 2 fully saturated rings. The molecule has 4 atom stereocenters. The number of hydrogen-bond acceptors (Lipinski definition) is 3. The second-order valence-electron chi connectivity index (χ2n) is 8.50. The molecular formula is C21H30F3N3O. The van der Waals surface area contributed by atoms with E-state index in [0.717, 1.165) is 31.5 Å². The Morgan fingerprint density at radius 2 is 1.93 bits per heavy atom. The summed E-state index contributed by atoms with van der Waals surface area (Å²) in [5.41, 5.74) is 0.945. The van der Waals surface area contributed by atoms with E-state index in [9.17, 15) is 18.0 Å². The predicted molar refractivity (Wildman–Crippen MR) is 102 cm³/mol. The molecule has 1 aliphatic heterocycles. The third kappa shape index (κ3) is 5.26. The molecule has 0 radical (unpaired) electrons. The van der Waals surface area contributed by atoms with Crippen molar-refractivity contribution >= 4 is 5.91 Å². The maximum atomic E-state index is 13.4. The monoisotopic (exact) mass is 397 g/mol. The molecule has 0 spiro atoms. The van der Waals surface area contributed by atoms with Crippen molar-refractivity contribution in [1.29, 1.82) is 0 Å². The minimum Gasteiger partial charge on any atom is -0.334 e. The van der Waals surface area contributed by atoms with Gasteiger partial charge in [-0.05, 0) is 49.1 Å². The van der Waals surface area contributed by atoms with Crippen molar-refractivity contribution in [2.24, 2.45) is 17.8 Å². The summed E-state index contributed by atoms with van der Waals surface area (Å²) in [5.74, 6) is 0.368. The first-order valence-corrected chi connectivity index (χ1v) is 10.1. The Bertz CT molecular complexity index is 650. The van der Waals surface area contributed by atoms with Crippen LogP contribution >= 0.6 is 0 Å². The van der Waals surface area contributed by atoms with Gasteiger partial charge < -0.3 is 10.2 Å². The van der Waals surface area contributed by atoms with Gasteiger partial charge in [0.15, 0.2) is 0 Å². The fraction of sp³-hybridized carbons (Fsp3) is 0.667. The van der Waals surface area contributed by atoms with E-state index in [1.54, 1.807) is 10.2 Å². The second-order valence-corrected chi connectivity index (χ2v) is 8.50. The number of carbonyl (C=O) groups is 1. The molecule has 1 heterocycles. The molecule has 1 saturated heterocycles. The summed E-state index contributed by atoms with van der Waals surface area (Å²) in [5, 5.41) is 5.01. The molecule has 4 nitrogen and oxygen atoms in total. The van der Waals surface area contributed by atoms with E-state index in [1.165, 1.54) is 0 Å². The standard InChI is InChI=1S/C21H30F3N3O/c1-14(2)10-18(26-21(22,23)24)20(28)27(13-15-6-4-3-5-7-15)19-9-8-16-11-25-12-17(16)19/h3-7,14,16-19,25-26H,8-13H2,1-2H3/t16?,17?,18-,19?/m0/s1. The summed E-state index contributed by atoms with van der Waals surface area (Å²) in [6.45, 7) is 5.79. The van der Waals surface area contributed by atoms with Crippen LogP contribution in [-0.2, 0) is 11.3 Å². The van der Waals surface area contributed by atoms with E-state index >= 15 is 0 Å². The summed E-state index contributed by atoms with van der Waals surface area (Å²) in [6.07, 6.45) is -2.55. The summed E-state index contributed by atoms with van der Waals surface area (Å²) in [7, 11) is 0. The average Bonchev–Trinajstić information content (AvgIpc) is 3.21. The number of nitrogens with zero attached hydrogens (tertiary/aromatic N) is 1. The highest BCUT2D eigenvalue weighted by Gasteiger charge is 2.45. The number of rotatable bonds is 7. The third-order valence-electron chi connectivity index (χ3n) is 5.94. The van der Waals surface area contributed by atoms with E-state index in [1.807, 2.05) is 44.2 Å².